The van der Waals surface area contributed by atoms with Crippen LogP contribution in [0.25, 0.3) is 0 Å². The monoisotopic (exact) mass is 165 g/mol. The molecule has 0 atom stereocenters. The maximum atomic E-state index is 10.9. The number of nitrogens with one attached hydrogen (secondary N) is 1. The molecule has 4 heteroatoms. The van der Waals surface area contributed by atoms with E-state index in [9.17, 15) is 9.59 Å². The van der Waals surface area contributed by atoms with Gasteiger partial charge in [0.2, 0.25) is 12.3 Å². The third-order valence-electron chi connectivity index (χ3n) is 1.37. The summed E-state index contributed by atoms with van der Waals surface area (Å²) in [6, 6.07) is 6.21. The fourth-order valence-corrected chi connectivity index (χ4v) is 0.786. The number of rotatable bonds is 3. The molecule has 62 valence electrons. The highest BCUT2D eigenvalue weighted by Gasteiger charge is 1.97. The number of amides is 2. The van der Waals surface area contributed by atoms with Crippen molar-refractivity contribution in [3.05, 3.63) is 29.8 Å². The number of hydrogen-bond donors (Lipinski definition) is 2. The van der Waals surface area contributed by atoms with Crippen LogP contribution in [-0.2, 0) is 4.79 Å². The molecule has 2 amide bonds. The summed E-state index contributed by atoms with van der Waals surface area (Å²) >= 11 is 0. The third kappa shape index (κ3) is 1.82. The molecule has 0 saturated heterocycles. The molecule has 1 rings (SSSR count). The Hall–Kier alpha value is -1.84. The molecule has 0 radical (unpaired) electrons. The van der Waals surface area contributed by atoms with E-state index < -0.39 is 5.91 Å². The topological polar surface area (TPSA) is 72.2 Å². The standard InChI is InChI=1S/C8H8N2O2/c9-8(12)6-1-3-7(4-2-6)10-5-11/h1-5H,(H2,9,12)(H,10,11)/i/hD. The molecule has 0 bridgehead atoms. The van der Waals surface area contributed by atoms with Crippen molar-refractivity contribution in [1.82, 2.24) is 0 Å². The van der Waals surface area contributed by atoms with Gasteiger partial charge in [-0.15, -0.1) is 0 Å². The maximum absolute atomic E-state index is 10.9. The number of carbonyl (C=O) groups is 2. The van der Waals surface area contributed by atoms with E-state index in [0.29, 0.717) is 17.7 Å². The molecule has 0 spiro atoms. The molecule has 0 unspecified atom stereocenters. The molecule has 0 aliphatic rings. The molecular formula is C8H8N2O2. The number of primary amides is 1. The number of nitrogens with two attached hydrogens (primary N) is 1. The lowest BCUT2D eigenvalue weighted by Crippen LogP contribution is -2.10. The summed E-state index contributed by atoms with van der Waals surface area (Å²) in [4.78, 5) is 20.9. The zero-order valence-electron chi connectivity index (χ0n) is 7.20. The first-order chi connectivity index (χ1) is 6.27. The van der Waals surface area contributed by atoms with Crippen molar-refractivity contribution >= 4 is 18.0 Å². The van der Waals surface area contributed by atoms with Crippen molar-refractivity contribution in [2.75, 3.05) is 5.32 Å². The SMILES string of the molecule is [2H]NC(=O)c1ccc(NC=O)cc1. The first-order valence-corrected chi connectivity index (χ1v) is 3.30. The minimum Gasteiger partial charge on any atom is -0.366 e. The highest BCUT2D eigenvalue weighted by atomic mass is 16.1. The van der Waals surface area contributed by atoms with Crippen molar-refractivity contribution in [2.24, 2.45) is 5.73 Å². The van der Waals surface area contributed by atoms with Gasteiger partial charge in [0, 0.05) is 11.3 Å². The molecule has 3 N–H and O–H groups in total. The first-order valence-electron chi connectivity index (χ1n) is 3.80. The van der Waals surface area contributed by atoms with Gasteiger partial charge in [-0.2, -0.15) is 0 Å². The van der Waals surface area contributed by atoms with Crippen LogP contribution >= 0.6 is 0 Å². The average Bonchev–Trinajstić information content (AvgIpc) is 2.18. The molecule has 12 heavy (non-hydrogen) atoms. The lowest BCUT2D eigenvalue weighted by Gasteiger charge is -1.98. The van der Waals surface area contributed by atoms with Crippen LogP contribution in [0.4, 0.5) is 5.69 Å². The lowest BCUT2D eigenvalue weighted by atomic mass is 10.2. The van der Waals surface area contributed by atoms with E-state index in [-0.39, 0.29) is 0 Å². The zero-order chi connectivity index (χ0) is 9.68. The Bertz CT molecular complexity index is 310. The Morgan fingerprint density at radius 1 is 1.50 bits per heavy atom. The van der Waals surface area contributed by atoms with Gasteiger partial charge in [0.25, 0.3) is 0 Å². The quantitative estimate of drug-likeness (QED) is 0.634. The molecule has 0 aliphatic heterocycles. The Balaban J connectivity index is 2.80. The van der Waals surface area contributed by atoms with Crippen molar-refractivity contribution in [2.45, 2.75) is 0 Å². The van der Waals surface area contributed by atoms with Crippen LogP contribution in [0.5, 0.6) is 0 Å². The smallest absolute Gasteiger partial charge is 0.248 e. The molecule has 0 heterocycles. The highest BCUT2D eigenvalue weighted by Crippen LogP contribution is 2.07. The van der Waals surface area contributed by atoms with E-state index in [0.717, 1.165) is 0 Å². The summed E-state index contributed by atoms with van der Waals surface area (Å²) in [5.41, 5.74) is 2.74. The lowest BCUT2D eigenvalue weighted by molar-refractivity contribution is -0.105. The van der Waals surface area contributed by atoms with Gasteiger partial charge in [-0.05, 0) is 24.3 Å². The van der Waals surface area contributed by atoms with Crippen LogP contribution in [0, 0.1) is 0 Å². The van der Waals surface area contributed by atoms with Crippen LogP contribution in [0.1, 0.15) is 10.4 Å². The third-order valence-corrected chi connectivity index (χ3v) is 1.37. The average molecular weight is 165 g/mol. The summed E-state index contributed by atoms with van der Waals surface area (Å²) in [6.45, 7) is 0. The molecule has 1 aromatic carbocycles. The van der Waals surface area contributed by atoms with Gasteiger partial charge in [0.1, 0.15) is 0 Å². The zero-order valence-corrected chi connectivity index (χ0v) is 6.20. The molecule has 1 aromatic rings. The minimum absolute atomic E-state index is 0.381. The number of carbonyl (C=O) groups excluding carboxylic acids is 2. The summed E-state index contributed by atoms with van der Waals surface area (Å²) in [6.07, 6.45) is 0.555. The van der Waals surface area contributed by atoms with Crippen LogP contribution in [0.15, 0.2) is 24.3 Å². The summed E-state index contributed by atoms with van der Waals surface area (Å²) in [5, 5.41) is 2.43. The van der Waals surface area contributed by atoms with Gasteiger partial charge in [-0.3, -0.25) is 9.59 Å². The van der Waals surface area contributed by atoms with Gasteiger partial charge in [-0.1, -0.05) is 0 Å². The molecule has 0 fully saturated rings. The van der Waals surface area contributed by atoms with Crippen molar-refractivity contribution in [1.29, 1.82) is 0 Å². The van der Waals surface area contributed by atoms with Crippen molar-refractivity contribution in [3.8, 4) is 0 Å². The van der Waals surface area contributed by atoms with E-state index in [1.165, 1.54) is 12.1 Å². The number of benzene rings is 1. The predicted octanol–water partition coefficient (Wildman–Crippen LogP) is 0.354. The number of hydrogen-bond acceptors (Lipinski definition) is 2. The maximum Gasteiger partial charge on any atom is 0.248 e. The summed E-state index contributed by atoms with van der Waals surface area (Å²) in [7, 11) is 0. The van der Waals surface area contributed by atoms with Gasteiger partial charge < -0.3 is 11.0 Å². The molecule has 0 aromatic heterocycles. The van der Waals surface area contributed by atoms with E-state index in [4.69, 9.17) is 1.41 Å². The van der Waals surface area contributed by atoms with Crippen LogP contribution in [0.3, 0.4) is 0 Å². The molecular weight excluding hydrogens is 156 g/mol. The highest BCUT2D eigenvalue weighted by molar-refractivity contribution is 5.93. The van der Waals surface area contributed by atoms with E-state index in [2.05, 4.69) is 5.32 Å². The van der Waals surface area contributed by atoms with Gasteiger partial charge in [-0.25, -0.2) is 0 Å². The fourth-order valence-electron chi connectivity index (χ4n) is 0.786. The van der Waals surface area contributed by atoms with E-state index in [1.807, 2.05) is 0 Å². The summed E-state index contributed by atoms with van der Waals surface area (Å²) < 4.78 is 6.61. The number of anilines is 1. The largest absolute Gasteiger partial charge is 0.366 e. The normalized spacial score (nSPS) is 9.83. The van der Waals surface area contributed by atoms with Crippen molar-refractivity contribution in [3.63, 3.8) is 0 Å². The van der Waals surface area contributed by atoms with Gasteiger partial charge in [0.15, 0.2) is 1.41 Å². The minimum atomic E-state index is -0.474. The Morgan fingerprint density at radius 2 is 2.17 bits per heavy atom. The van der Waals surface area contributed by atoms with Crippen molar-refractivity contribution < 1.29 is 11.0 Å². The van der Waals surface area contributed by atoms with Crippen LogP contribution in [-0.4, -0.2) is 12.3 Å². The Morgan fingerprint density at radius 3 is 2.67 bits per heavy atom. The molecule has 0 saturated carbocycles. The Labute approximate surface area is 70.8 Å². The summed E-state index contributed by atoms with van der Waals surface area (Å²) in [5.74, 6) is -0.474. The Kier molecular flexibility index (Phi) is 2.01. The predicted molar refractivity (Wildman–Crippen MR) is 44.6 cm³/mol. The van der Waals surface area contributed by atoms with Crippen LogP contribution in [0.2, 0.25) is 1.41 Å². The van der Waals surface area contributed by atoms with Gasteiger partial charge in [0.05, 0.1) is 0 Å². The molecule has 0 aliphatic carbocycles. The first kappa shape index (κ1) is 6.84. The van der Waals surface area contributed by atoms with Crippen LogP contribution < -0.4 is 11.0 Å². The van der Waals surface area contributed by atoms with E-state index >= 15 is 0 Å². The second-order valence-electron chi connectivity index (χ2n) is 2.17. The second kappa shape index (κ2) is 3.52. The van der Waals surface area contributed by atoms with E-state index in [1.54, 1.807) is 17.9 Å². The second-order valence-corrected chi connectivity index (χ2v) is 2.17. The fraction of sp³-hybridized carbons (Fsp3) is 0. The van der Waals surface area contributed by atoms with Gasteiger partial charge >= 0.3 is 0 Å². The molecule has 4 nitrogen and oxygen atoms in total.